The number of rotatable bonds is 3. The molecule has 0 rings (SSSR count). The number of carboxylic acid groups (broad SMARTS) is 1. The second-order valence-corrected chi connectivity index (χ2v) is 1.69. The van der Waals surface area contributed by atoms with E-state index in [9.17, 15) is 4.79 Å². The van der Waals surface area contributed by atoms with Crippen molar-refractivity contribution in [3.05, 3.63) is 0 Å². The number of thiol groups is 1. The van der Waals surface area contributed by atoms with Crippen LogP contribution in [0.15, 0.2) is 0 Å². The van der Waals surface area contributed by atoms with Gasteiger partial charge in [-0.25, -0.2) is 0 Å². The summed E-state index contributed by atoms with van der Waals surface area (Å²) in [6, 6.07) is -0.515. The summed E-state index contributed by atoms with van der Waals surface area (Å²) in [4.78, 5) is 10.1. The Labute approximate surface area is 53.6 Å². The summed E-state index contributed by atoms with van der Waals surface area (Å²) in [5.74, 6) is -0.859. The summed E-state index contributed by atoms with van der Waals surface area (Å²) < 4.78 is 2.35. The Morgan fingerprint density at radius 2 is 2.50 bits per heavy atom. The molecule has 0 radical (unpaired) electrons. The second-order valence-electron chi connectivity index (χ2n) is 1.43. The number of hydrogen-bond donors (Lipinski definition) is 3. The largest absolute Gasteiger partial charge is 0.480 e. The molecule has 48 valence electrons. The molecule has 4 heteroatoms. The third-order valence-corrected chi connectivity index (χ3v) is 1.17. The Balaban J connectivity index is 3.52. The standard InChI is InChI=1S/C4H9NO2S/c1-2-3(5-8)4(6)7/h3,5,8H,2H2,1H3,(H,6,7)/t3-/m0/s1. The Morgan fingerprint density at radius 1 is 2.00 bits per heavy atom. The van der Waals surface area contributed by atoms with Gasteiger partial charge in [-0.05, 0) is 6.42 Å². The smallest absolute Gasteiger partial charge is 0.321 e. The molecule has 0 fully saturated rings. The minimum Gasteiger partial charge on any atom is -0.480 e. The van der Waals surface area contributed by atoms with Crippen molar-refractivity contribution in [3.8, 4) is 0 Å². The molecule has 0 amide bonds. The van der Waals surface area contributed by atoms with Crippen molar-refractivity contribution >= 4 is 18.8 Å². The zero-order valence-electron chi connectivity index (χ0n) is 4.59. The average Bonchev–Trinajstić information content (AvgIpc) is 1.69. The molecule has 0 heterocycles. The van der Waals surface area contributed by atoms with Crippen LogP contribution < -0.4 is 4.72 Å². The van der Waals surface area contributed by atoms with Crippen LogP contribution in [-0.4, -0.2) is 17.1 Å². The monoisotopic (exact) mass is 135 g/mol. The van der Waals surface area contributed by atoms with Crippen molar-refractivity contribution in [2.45, 2.75) is 19.4 Å². The van der Waals surface area contributed by atoms with Crippen LogP contribution in [0, 0.1) is 0 Å². The summed E-state index contributed by atoms with van der Waals surface area (Å²) in [5.41, 5.74) is 0. The number of carbonyl (C=O) groups is 1. The van der Waals surface area contributed by atoms with Gasteiger partial charge in [-0.3, -0.25) is 9.52 Å². The molecule has 0 aromatic heterocycles. The van der Waals surface area contributed by atoms with E-state index in [0.717, 1.165) is 0 Å². The highest BCUT2D eigenvalue weighted by Gasteiger charge is 2.10. The van der Waals surface area contributed by atoms with E-state index >= 15 is 0 Å². The molecule has 0 unspecified atom stereocenters. The normalized spacial score (nSPS) is 13.2. The van der Waals surface area contributed by atoms with Crippen molar-refractivity contribution in [3.63, 3.8) is 0 Å². The van der Waals surface area contributed by atoms with Gasteiger partial charge in [0, 0.05) is 0 Å². The highest BCUT2D eigenvalue weighted by Crippen LogP contribution is 1.89. The van der Waals surface area contributed by atoms with E-state index in [1.807, 2.05) is 0 Å². The Bertz CT molecular complexity index is 82.1. The highest BCUT2D eigenvalue weighted by molar-refractivity contribution is 7.78. The van der Waals surface area contributed by atoms with Crippen LogP contribution in [-0.2, 0) is 4.79 Å². The molecule has 0 aliphatic heterocycles. The van der Waals surface area contributed by atoms with Crippen molar-refractivity contribution in [2.24, 2.45) is 0 Å². The van der Waals surface area contributed by atoms with Crippen LogP contribution in [0.25, 0.3) is 0 Å². The Hall–Kier alpha value is -0.220. The molecule has 0 saturated heterocycles. The molecule has 1 atom stereocenters. The average molecular weight is 135 g/mol. The molecule has 2 N–H and O–H groups in total. The number of hydrogen-bond acceptors (Lipinski definition) is 3. The first-order valence-corrected chi connectivity index (χ1v) is 2.79. The minimum absolute atomic E-state index is 0.515. The first kappa shape index (κ1) is 7.78. The molecular formula is C4H9NO2S. The maximum Gasteiger partial charge on any atom is 0.321 e. The zero-order chi connectivity index (χ0) is 6.57. The first-order valence-electron chi connectivity index (χ1n) is 2.34. The van der Waals surface area contributed by atoms with Gasteiger partial charge in [0.2, 0.25) is 0 Å². The van der Waals surface area contributed by atoms with Crippen LogP contribution in [0.4, 0.5) is 0 Å². The lowest BCUT2D eigenvalue weighted by Gasteiger charge is -2.04. The van der Waals surface area contributed by atoms with Crippen LogP contribution in [0.2, 0.25) is 0 Å². The van der Waals surface area contributed by atoms with Crippen LogP contribution >= 0.6 is 12.8 Å². The third-order valence-electron chi connectivity index (χ3n) is 0.862. The number of carboxylic acids is 1. The predicted molar refractivity (Wildman–Crippen MR) is 33.8 cm³/mol. The number of aliphatic carboxylic acids is 1. The summed E-state index contributed by atoms with van der Waals surface area (Å²) >= 11 is 3.60. The molecule has 8 heavy (non-hydrogen) atoms. The SMILES string of the molecule is CC[C@H](NS)C(=O)O. The number of nitrogens with one attached hydrogen (secondary N) is 1. The van der Waals surface area contributed by atoms with Crippen molar-refractivity contribution in [2.75, 3.05) is 0 Å². The molecule has 0 spiro atoms. The van der Waals surface area contributed by atoms with Crippen molar-refractivity contribution in [1.29, 1.82) is 0 Å². The lowest BCUT2D eigenvalue weighted by molar-refractivity contribution is -0.138. The molecular weight excluding hydrogens is 126 g/mol. The van der Waals surface area contributed by atoms with Crippen LogP contribution in [0.3, 0.4) is 0 Å². The van der Waals surface area contributed by atoms with Gasteiger partial charge in [-0.2, -0.15) is 0 Å². The summed E-state index contributed by atoms with van der Waals surface area (Å²) in [6.07, 6.45) is 0.554. The fourth-order valence-corrected chi connectivity index (χ4v) is 0.614. The van der Waals surface area contributed by atoms with Crippen molar-refractivity contribution < 1.29 is 9.90 Å². The van der Waals surface area contributed by atoms with E-state index in [4.69, 9.17) is 5.11 Å². The highest BCUT2D eigenvalue weighted by atomic mass is 32.1. The fourth-order valence-electron chi connectivity index (χ4n) is 0.321. The molecule has 3 nitrogen and oxygen atoms in total. The molecule has 0 aromatic carbocycles. The fraction of sp³-hybridized carbons (Fsp3) is 0.750. The van der Waals surface area contributed by atoms with Crippen molar-refractivity contribution in [1.82, 2.24) is 4.72 Å². The van der Waals surface area contributed by atoms with Crippen LogP contribution in [0.5, 0.6) is 0 Å². The van der Waals surface area contributed by atoms with E-state index in [1.165, 1.54) is 0 Å². The zero-order valence-corrected chi connectivity index (χ0v) is 5.48. The van der Waals surface area contributed by atoms with E-state index in [0.29, 0.717) is 6.42 Å². The van der Waals surface area contributed by atoms with Gasteiger partial charge in [-0.15, -0.1) is 0 Å². The molecule has 0 aliphatic carbocycles. The van der Waals surface area contributed by atoms with Gasteiger partial charge in [0.05, 0.1) is 0 Å². The lowest BCUT2D eigenvalue weighted by Crippen LogP contribution is -2.29. The van der Waals surface area contributed by atoms with Gasteiger partial charge in [0.15, 0.2) is 0 Å². The van der Waals surface area contributed by atoms with E-state index in [2.05, 4.69) is 17.5 Å². The van der Waals surface area contributed by atoms with Gasteiger partial charge in [0.1, 0.15) is 6.04 Å². The summed E-state index contributed by atoms with van der Waals surface area (Å²) in [7, 11) is 0. The van der Waals surface area contributed by atoms with E-state index in [-0.39, 0.29) is 0 Å². The molecule has 0 saturated carbocycles. The van der Waals surface area contributed by atoms with Gasteiger partial charge < -0.3 is 5.11 Å². The van der Waals surface area contributed by atoms with Crippen LogP contribution in [0.1, 0.15) is 13.3 Å². The minimum atomic E-state index is -0.859. The Kier molecular flexibility index (Phi) is 3.64. The molecule has 0 bridgehead atoms. The van der Waals surface area contributed by atoms with E-state index < -0.39 is 12.0 Å². The van der Waals surface area contributed by atoms with Gasteiger partial charge >= 0.3 is 5.97 Å². The quantitative estimate of drug-likeness (QED) is 0.487. The van der Waals surface area contributed by atoms with Gasteiger partial charge in [0.25, 0.3) is 0 Å². The first-order chi connectivity index (χ1) is 3.72. The van der Waals surface area contributed by atoms with Gasteiger partial charge in [-0.1, -0.05) is 19.7 Å². The lowest BCUT2D eigenvalue weighted by atomic mass is 10.2. The molecule has 0 aromatic rings. The predicted octanol–water partition coefficient (Wildman–Crippen LogP) is 0.284. The summed E-state index contributed by atoms with van der Waals surface area (Å²) in [5, 5.41) is 8.26. The maximum absolute atomic E-state index is 10.1. The Morgan fingerprint density at radius 3 is 2.50 bits per heavy atom. The second kappa shape index (κ2) is 3.74. The third kappa shape index (κ3) is 2.18. The maximum atomic E-state index is 10.1. The topological polar surface area (TPSA) is 49.3 Å². The van der Waals surface area contributed by atoms with E-state index in [1.54, 1.807) is 6.92 Å². The molecule has 0 aliphatic rings. The summed E-state index contributed by atoms with van der Waals surface area (Å²) in [6.45, 7) is 1.78.